The van der Waals surface area contributed by atoms with Gasteiger partial charge in [-0.15, -0.1) is 0 Å². The lowest BCUT2D eigenvalue weighted by Crippen LogP contribution is -2.31. The smallest absolute Gasteiger partial charge is 0.270 e. The first-order valence-electron chi connectivity index (χ1n) is 10.3. The molecule has 7 nitrogen and oxygen atoms in total. The highest BCUT2D eigenvalue weighted by Crippen LogP contribution is 2.47. The van der Waals surface area contributed by atoms with E-state index in [1.807, 2.05) is 36.4 Å². The molecule has 8 heteroatoms. The summed E-state index contributed by atoms with van der Waals surface area (Å²) in [5, 5.41) is 9.41. The number of carbonyl (C=O) groups is 1. The van der Waals surface area contributed by atoms with Crippen molar-refractivity contribution in [1.82, 2.24) is 10.2 Å². The second-order valence-corrected chi connectivity index (χ2v) is 8.45. The fraction of sp³-hybridized carbons (Fsp3) is 0.250. The largest absolute Gasteiger partial charge is 0.493 e. The number of fused-ring (bicyclic) bond motifs is 1. The summed E-state index contributed by atoms with van der Waals surface area (Å²) in [5.41, 5.74) is 3.51. The number of aromatic amines is 2. The first-order chi connectivity index (χ1) is 15.5. The Morgan fingerprint density at radius 1 is 0.938 bits per heavy atom. The van der Waals surface area contributed by atoms with Gasteiger partial charge in [0.25, 0.3) is 5.56 Å². The van der Waals surface area contributed by atoms with E-state index in [2.05, 4.69) is 15.5 Å². The molecule has 3 aromatic rings. The normalized spacial score (nSPS) is 19.8. The molecule has 2 heterocycles. The average molecular weight is 452 g/mol. The number of anilines is 1. The third kappa shape index (κ3) is 3.29. The number of nitrogens with one attached hydrogen (secondary N) is 3. The van der Waals surface area contributed by atoms with Crippen LogP contribution in [0.15, 0.2) is 58.5 Å². The zero-order valence-electron chi connectivity index (χ0n) is 17.6. The number of H-pyrrole nitrogens is 2. The number of benzene rings is 2. The van der Waals surface area contributed by atoms with Gasteiger partial charge < -0.3 is 14.8 Å². The van der Waals surface area contributed by atoms with Crippen molar-refractivity contribution in [2.24, 2.45) is 0 Å². The van der Waals surface area contributed by atoms with Gasteiger partial charge in [0.1, 0.15) is 5.82 Å². The molecule has 1 aliphatic carbocycles. The van der Waals surface area contributed by atoms with E-state index in [9.17, 15) is 9.59 Å². The molecule has 0 fully saturated rings. The van der Waals surface area contributed by atoms with Crippen LogP contribution < -0.4 is 20.3 Å². The van der Waals surface area contributed by atoms with Crippen molar-refractivity contribution in [3.8, 4) is 11.5 Å². The van der Waals surface area contributed by atoms with Gasteiger partial charge in [-0.3, -0.25) is 19.8 Å². The maximum atomic E-state index is 13.5. The third-order valence-electron chi connectivity index (χ3n) is 6.24. The summed E-state index contributed by atoms with van der Waals surface area (Å²) >= 11 is 6.24. The van der Waals surface area contributed by atoms with Crippen LogP contribution in [-0.2, 0) is 4.79 Å². The van der Waals surface area contributed by atoms with E-state index >= 15 is 0 Å². The van der Waals surface area contributed by atoms with Crippen LogP contribution in [0.25, 0.3) is 0 Å². The minimum atomic E-state index is -0.478. The summed E-state index contributed by atoms with van der Waals surface area (Å²) in [4.78, 5) is 26.1. The molecule has 32 heavy (non-hydrogen) atoms. The van der Waals surface area contributed by atoms with Crippen LogP contribution in [0.2, 0.25) is 5.02 Å². The van der Waals surface area contributed by atoms with Crippen molar-refractivity contribution in [3.63, 3.8) is 0 Å². The Balaban J connectivity index is 1.59. The molecular weight excluding hydrogens is 430 g/mol. The Bertz CT molecular complexity index is 1310. The number of ether oxygens (including phenoxy) is 2. The van der Waals surface area contributed by atoms with Gasteiger partial charge in [-0.25, -0.2) is 0 Å². The molecule has 0 amide bonds. The van der Waals surface area contributed by atoms with E-state index in [1.165, 1.54) is 0 Å². The number of Topliss-reactive ketones (excluding diaryl/α,β-unsaturated/α-hetero) is 1. The van der Waals surface area contributed by atoms with Crippen LogP contribution in [0.1, 0.15) is 41.4 Å². The molecule has 0 saturated carbocycles. The van der Waals surface area contributed by atoms with Crippen molar-refractivity contribution in [2.75, 3.05) is 19.5 Å². The van der Waals surface area contributed by atoms with Crippen LogP contribution in [0.5, 0.6) is 11.5 Å². The number of halogens is 1. The van der Waals surface area contributed by atoms with Gasteiger partial charge >= 0.3 is 0 Å². The number of hydrogen-bond acceptors (Lipinski definition) is 5. The summed E-state index contributed by atoms with van der Waals surface area (Å²) < 4.78 is 10.8. The second-order valence-electron chi connectivity index (χ2n) is 8.02. The quantitative estimate of drug-likeness (QED) is 0.548. The van der Waals surface area contributed by atoms with Crippen molar-refractivity contribution in [2.45, 2.75) is 24.7 Å². The van der Waals surface area contributed by atoms with Crippen LogP contribution in [0, 0.1) is 0 Å². The van der Waals surface area contributed by atoms with Gasteiger partial charge in [0.2, 0.25) is 0 Å². The zero-order valence-corrected chi connectivity index (χ0v) is 18.4. The lowest BCUT2D eigenvalue weighted by atomic mass is 9.73. The molecule has 0 bridgehead atoms. The summed E-state index contributed by atoms with van der Waals surface area (Å²) in [6, 6.07) is 13.1. The molecule has 0 saturated heterocycles. The SMILES string of the molecule is COc1ccc([C@@H]2CC(=O)C3=C(C2)Nc2[nH][nH]c(=O)c2[C@H]3c2cccc(Cl)c2)cc1OC. The first kappa shape index (κ1) is 20.5. The molecule has 0 unspecified atom stereocenters. The van der Waals surface area contributed by atoms with Crippen LogP contribution >= 0.6 is 11.6 Å². The van der Waals surface area contributed by atoms with Crippen molar-refractivity contribution < 1.29 is 14.3 Å². The van der Waals surface area contributed by atoms with Gasteiger partial charge in [0.15, 0.2) is 17.3 Å². The average Bonchev–Trinajstić information content (AvgIpc) is 3.17. The Morgan fingerprint density at radius 2 is 1.75 bits per heavy atom. The topological polar surface area (TPSA) is 96.2 Å². The molecule has 2 aliphatic rings. The number of aromatic nitrogens is 2. The summed E-state index contributed by atoms with van der Waals surface area (Å²) in [7, 11) is 3.19. The molecule has 1 aromatic heterocycles. The fourth-order valence-electron chi connectivity index (χ4n) is 4.78. The Hall–Kier alpha value is -3.45. The third-order valence-corrected chi connectivity index (χ3v) is 6.47. The fourth-order valence-corrected chi connectivity index (χ4v) is 4.98. The second kappa shape index (κ2) is 7.91. The maximum Gasteiger partial charge on any atom is 0.270 e. The van der Waals surface area contributed by atoms with Crippen LogP contribution in [0.3, 0.4) is 0 Å². The number of rotatable bonds is 4. The van der Waals surface area contributed by atoms with Crippen molar-refractivity contribution >= 4 is 23.2 Å². The number of hydrogen-bond donors (Lipinski definition) is 3. The maximum absolute atomic E-state index is 13.5. The van der Waals surface area contributed by atoms with Crippen LogP contribution in [-0.4, -0.2) is 30.2 Å². The number of ketones is 1. The number of allylic oxidation sites excluding steroid dienone is 2. The summed E-state index contributed by atoms with van der Waals surface area (Å²) in [6.45, 7) is 0. The lowest BCUT2D eigenvalue weighted by Gasteiger charge is -2.34. The number of methoxy groups -OCH3 is 2. The zero-order chi connectivity index (χ0) is 22.4. The molecule has 0 radical (unpaired) electrons. The van der Waals surface area contributed by atoms with E-state index in [1.54, 1.807) is 20.3 Å². The summed E-state index contributed by atoms with van der Waals surface area (Å²) in [5.74, 6) is 1.36. The van der Waals surface area contributed by atoms with Gasteiger partial charge in [0.05, 0.1) is 19.8 Å². The molecule has 0 spiro atoms. The van der Waals surface area contributed by atoms with Crippen molar-refractivity contribution in [3.05, 3.63) is 85.8 Å². The Labute approximate surface area is 189 Å². The standard InChI is InChI=1S/C24H22ClN3O4/c1-31-18-7-6-12(11-19(18)32-2)14-9-16-21(17(29)10-14)20(13-4-3-5-15(25)8-13)22-23(26-16)27-28-24(22)30/h3-8,11,14,20H,9-10H2,1-2H3,(H3,26,27,28,30)/t14-,20-/m0/s1. The summed E-state index contributed by atoms with van der Waals surface area (Å²) in [6.07, 6.45) is 0.963. The van der Waals surface area contributed by atoms with E-state index < -0.39 is 5.92 Å². The highest BCUT2D eigenvalue weighted by atomic mass is 35.5. The predicted molar refractivity (Wildman–Crippen MR) is 122 cm³/mol. The Morgan fingerprint density at radius 3 is 2.50 bits per heavy atom. The molecule has 5 rings (SSSR count). The molecule has 2 aromatic carbocycles. The molecule has 164 valence electrons. The first-order valence-corrected chi connectivity index (χ1v) is 10.7. The van der Waals surface area contributed by atoms with Crippen molar-refractivity contribution in [1.29, 1.82) is 0 Å². The molecule has 2 atom stereocenters. The van der Waals surface area contributed by atoms with Gasteiger partial charge in [-0.2, -0.15) is 0 Å². The van der Waals surface area contributed by atoms with E-state index in [0.717, 1.165) is 16.8 Å². The van der Waals surface area contributed by atoms with Gasteiger partial charge in [0, 0.05) is 28.6 Å². The van der Waals surface area contributed by atoms with Gasteiger partial charge in [-0.1, -0.05) is 29.8 Å². The molecular formula is C24H22ClN3O4. The highest BCUT2D eigenvalue weighted by Gasteiger charge is 2.40. The Kier molecular flexibility index (Phi) is 5.06. The van der Waals surface area contributed by atoms with E-state index in [4.69, 9.17) is 21.1 Å². The minimum Gasteiger partial charge on any atom is -0.493 e. The lowest BCUT2D eigenvalue weighted by molar-refractivity contribution is -0.116. The number of carbonyl (C=O) groups excluding carboxylic acids is 1. The van der Waals surface area contributed by atoms with E-state index in [-0.39, 0.29) is 17.3 Å². The highest BCUT2D eigenvalue weighted by molar-refractivity contribution is 6.30. The predicted octanol–water partition coefficient (Wildman–Crippen LogP) is 4.33. The van der Waals surface area contributed by atoms with Gasteiger partial charge in [-0.05, 0) is 47.7 Å². The van der Waals surface area contributed by atoms with E-state index in [0.29, 0.717) is 46.3 Å². The monoisotopic (exact) mass is 451 g/mol. The molecule has 1 aliphatic heterocycles. The molecule has 3 N–H and O–H groups in total. The van der Waals surface area contributed by atoms with Crippen LogP contribution in [0.4, 0.5) is 5.82 Å². The minimum absolute atomic E-state index is 0.00904.